The van der Waals surface area contributed by atoms with Crippen molar-refractivity contribution in [3.8, 4) is 34.7 Å². The van der Waals surface area contributed by atoms with E-state index < -0.39 is 5.60 Å². The average Bonchev–Trinajstić information content (AvgIpc) is 3.19. The maximum atomic E-state index is 12.5. The third-order valence-corrected chi connectivity index (χ3v) is 5.49. The van der Waals surface area contributed by atoms with Crippen molar-refractivity contribution in [1.82, 2.24) is 15.0 Å². The first kappa shape index (κ1) is 23.3. The lowest BCUT2D eigenvalue weighted by Gasteiger charge is -2.26. The lowest BCUT2D eigenvalue weighted by atomic mass is 10.00. The van der Waals surface area contributed by atoms with Crippen LogP contribution >= 0.6 is 0 Å². The van der Waals surface area contributed by atoms with Crippen LogP contribution in [0.15, 0.2) is 40.9 Å². The zero-order valence-electron chi connectivity index (χ0n) is 19.9. The van der Waals surface area contributed by atoms with Gasteiger partial charge in [-0.3, -0.25) is 0 Å². The summed E-state index contributed by atoms with van der Waals surface area (Å²) in [5.74, 6) is 1.33. The zero-order chi connectivity index (χ0) is 24.3. The molecule has 176 valence electrons. The molecule has 1 aromatic heterocycles. The van der Waals surface area contributed by atoms with Crippen molar-refractivity contribution in [2.24, 2.45) is 0 Å². The molecule has 34 heavy (non-hydrogen) atoms. The topological polar surface area (TPSA) is 101 Å². The summed E-state index contributed by atoms with van der Waals surface area (Å²) in [6.45, 7) is 9.17. The SMILES string of the molecule is CCOc1ccc(-c2nc(-c3ccc4c(c3)CCN(C(=O)OC(C)(C)C)CC4)no2)cc1C#N. The van der Waals surface area contributed by atoms with E-state index in [9.17, 15) is 10.1 Å². The minimum atomic E-state index is -0.517. The summed E-state index contributed by atoms with van der Waals surface area (Å²) < 4.78 is 16.5. The van der Waals surface area contributed by atoms with Gasteiger partial charge in [-0.05, 0) is 75.9 Å². The highest BCUT2D eigenvalue weighted by atomic mass is 16.6. The normalized spacial score (nSPS) is 13.6. The molecule has 0 saturated carbocycles. The molecule has 2 aromatic carbocycles. The number of ether oxygens (including phenoxy) is 2. The van der Waals surface area contributed by atoms with E-state index in [-0.39, 0.29) is 6.09 Å². The van der Waals surface area contributed by atoms with E-state index in [1.807, 2.05) is 33.8 Å². The molecule has 0 saturated heterocycles. The number of hydrogen-bond acceptors (Lipinski definition) is 7. The Kier molecular flexibility index (Phi) is 6.55. The summed E-state index contributed by atoms with van der Waals surface area (Å²) in [6.07, 6.45) is 1.20. The van der Waals surface area contributed by atoms with Crippen molar-refractivity contribution < 1.29 is 18.8 Å². The molecule has 0 spiro atoms. The summed E-state index contributed by atoms with van der Waals surface area (Å²) in [5.41, 5.74) is 3.74. The molecule has 8 heteroatoms. The highest BCUT2D eigenvalue weighted by Gasteiger charge is 2.24. The van der Waals surface area contributed by atoms with Gasteiger partial charge in [-0.1, -0.05) is 17.3 Å². The van der Waals surface area contributed by atoms with Gasteiger partial charge >= 0.3 is 6.09 Å². The molecule has 0 unspecified atom stereocenters. The Bertz CT molecular complexity index is 1240. The van der Waals surface area contributed by atoms with Crippen LogP contribution in [0.2, 0.25) is 0 Å². The van der Waals surface area contributed by atoms with Gasteiger partial charge in [-0.2, -0.15) is 10.2 Å². The van der Waals surface area contributed by atoms with Crippen molar-refractivity contribution in [2.45, 2.75) is 46.1 Å². The molecule has 8 nitrogen and oxygen atoms in total. The zero-order valence-corrected chi connectivity index (χ0v) is 19.9. The smallest absolute Gasteiger partial charge is 0.410 e. The minimum absolute atomic E-state index is 0.282. The molecule has 0 bridgehead atoms. The van der Waals surface area contributed by atoms with Gasteiger partial charge in [0.1, 0.15) is 17.4 Å². The molecule has 1 aliphatic rings. The van der Waals surface area contributed by atoms with Crippen molar-refractivity contribution >= 4 is 6.09 Å². The van der Waals surface area contributed by atoms with Crippen molar-refractivity contribution in [3.63, 3.8) is 0 Å². The second kappa shape index (κ2) is 9.56. The summed E-state index contributed by atoms with van der Waals surface area (Å²) >= 11 is 0. The van der Waals surface area contributed by atoms with E-state index in [0.717, 1.165) is 24.0 Å². The number of nitrogens with zero attached hydrogens (tertiary/aromatic N) is 4. The number of hydrogen-bond donors (Lipinski definition) is 0. The van der Waals surface area contributed by atoms with E-state index in [0.29, 0.717) is 48.3 Å². The Hall–Kier alpha value is -3.86. The third kappa shape index (κ3) is 5.20. The number of aromatic nitrogens is 2. The van der Waals surface area contributed by atoms with Gasteiger partial charge in [0.25, 0.3) is 5.89 Å². The van der Waals surface area contributed by atoms with Crippen LogP contribution in [0.1, 0.15) is 44.4 Å². The minimum Gasteiger partial charge on any atom is -0.492 e. The van der Waals surface area contributed by atoms with Gasteiger partial charge in [-0.25, -0.2) is 4.79 Å². The number of amides is 1. The van der Waals surface area contributed by atoms with E-state index in [1.54, 1.807) is 23.1 Å². The number of carbonyl (C=O) groups is 1. The molecule has 0 aliphatic carbocycles. The number of rotatable bonds is 4. The average molecular weight is 461 g/mol. The predicted octanol–water partition coefficient (Wildman–Crippen LogP) is 5.01. The van der Waals surface area contributed by atoms with Gasteiger partial charge in [0, 0.05) is 24.2 Å². The molecule has 3 aromatic rings. The first-order chi connectivity index (χ1) is 16.3. The first-order valence-electron chi connectivity index (χ1n) is 11.4. The van der Waals surface area contributed by atoms with Crippen molar-refractivity contribution in [3.05, 3.63) is 53.1 Å². The lowest BCUT2D eigenvalue weighted by Crippen LogP contribution is -2.38. The van der Waals surface area contributed by atoms with Gasteiger partial charge in [0.2, 0.25) is 5.82 Å². The second-order valence-electron chi connectivity index (χ2n) is 9.13. The van der Waals surface area contributed by atoms with Crippen molar-refractivity contribution in [2.75, 3.05) is 19.7 Å². The number of benzene rings is 2. The van der Waals surface area contributed by atoms with E-state index in [1.165, 1.54) is 5.56 Å². The van der Waals surface area contributed by atoms with Crippen LogP contribution in [-0.4, -0.2) is 46.4 Å². The highest BCUT2D eigenvalue weighted by molar-refractivity contribution is 5.68. The Balaban J connectivity index is 1.52. The van der Waals surface area contributed by atoms with E-state index in [2.05, 4.69) is 28.3 Å². The Morgan fingerprint density at radius 3 is 2.56 bits per heavy atom. The standard InChI is InChI=1S/C26H28N4O4/c1-5-32-22-9-8-20(15-21(22)16-27)24-28-23(29-34-24)19-7-6-17-10-12-30(13-11-18(17)14-19)25(31)33-26(2,3)4/h6-9,14-15H,5,10-13H2,1-4H3. The molecule has 0 radical (unpaired) electrons. The first-order valence-corrected chi connectivity index (χ1v) is 11.4. The van der Waals surface area contributed by atoms with Gasteiger partial charge < -0.3 is 18.9 Å². The van der Waals surface area contributed by atoms with Crippen LogP contribution in [0.3, 0.4) is 0 Å². The monoisotopic (exact) mass is 460 g/mol. The molecule has 1 aliphatic heterocycles. The lowest BCUT2D eigenvalue weighted by molar-refractivity contribution is 0.0258. The number of fused-ring (bicyclic) bond motifs is 1. The Morgan fingerprint density at radius 1 is 1.12 bits per heavy atom. The second-order valence-corrected chi connectivity index (χ2v) is 9.13. The molecule has 0 atom stereocenters. The molecule has 0 fully saturated rings. The summed E-state index contributed by atoms with van der Waals surface area (Å²) in [4.78, 5) is 18.8. The number of carbonyl (C=O) groups excluding carboxylic acids is 1. The number of nitriles is 1. The Labute approximate surface area is 199 Å². The van der Waals surface area contributed by atoms with Gasteiger partial charge in [0.15, 0.2) is 0 Å². The fourth-order valence-corrected chi connectivity index (χ4v) is 3.86. The largest absolute Gasteiger partial charge is 0.492 e. The molecule has 1 amide bonds. The van der Waals surface area contributed by atoms with Gasteiger partial charge in [0.05, 0.1) is 12.2 Å². The summed E-state index contributed by atoms with van der Waals surface area (Å²) in [5, 5.41) is 13.6. The summed E-state index contributed by atoms with van der Waals surface area (Å²) in [6, 6.07) is 13.4. The van der Waals surface area contributed by atoms with Crippen LogP contribution in [0.4, 0.5) is 4.79 Å². The van der Waals surface area contributed by atoms with Crippen LogP contribution in [0.5, 0.6) is 5.75 Å². The van der Waals surface area contributed by atoms with E-state index in [4.69, 9.17) is 14.0 Å². The fourth-order valence-electron chi connectivity index (χ4n) is 3.86. The predicted molar refractivity (Wildman–Crippen MR) is 126 cm³/mol. The van der Waals surface area contributed by atoms with E-state index >= 15 is 0 Å². The molecular weight excluding hydrogens is 432 g/mol. The van der Waals surface area contributed by atoms with Crippen LogP contribution in [0.25, 0.3) is 22.8 Å². The molecule has 4 rings (SSSR count). The molecule has 0 N–H and O–H groups in total. The molecular formula is C26H28N4O4. The summed E-state index contributed by atoms with van der Waals surface area (Å²) in [7, 11) is 0. The fraction of sp³-hybridized carbons (Fsp3) is 0.385. The van der Waals surface area contributed by atoms with Crippen LogP contribution in [-0.2, 0) is 17.6 Å². The van der Waals surface area contributed by atoms with Crippen molar-refractivity contribution in [1.29, 1.82) is 5.26 Å². The quantitative estimate of drug-likeness (QED) is 0.539. The van der Waals surface area contributed by atoms with Crippen LogP contribution < -0.4 is 4.74 Å². The Morgan fingerprint density at radius 2 is 1.85 bits per heavy atom. The maximum absolute atomic E-state index is 12.5. The third-order valence-electron chi connectivity index (χ3n) is 5.49. The molecule has 2 heterocycles. The van der Waals surface area contributed by atoms with Crippen LogP contribution in [0, 0.1) is 11.3 Å². The van der Waals surface area contributed by atoms with Gasteiger partial charge in [-0.15, -0.1) is 0 Å². The maximum Gasteiger partial charge on any atom is 0.410 e. The highest BCUT2D eigenvalue weighted by Crippen LogP contribution is 2.29.